The smallest absolute Gasteiger partial charge is 0.158 e. The molecule has 1 atom stereocenters. The molecule has 1 aliphatic rings. The zero-order valence-corrected chi connectivity index (χ0v) is 13.7. The van der Waals surface area contributed by atoms with Crippen LogP contribution in [0.5, 0.6) is 0 Å². The van der Waals surface area contributed by atoms with Gasteiger partial charge in [-0.3, -0.25) is 0 Å². The zero-order chi connectivity index (χ0) is 14.7. The van der Waals surface area contributed by atoms with Crippen LogP contribution in [0.25, 0.3) is 0 Å². The van der Waals surface area contributed by atoms with Gasteiger partial charge in [-0.1, -0.05) is 38.2 Å². The Morgan fingerprint density at radius 3 is 2.45 bits per heavy atom. The van der Waals surface area contributed by atoms with Gasteiger partial charge in [0.2, 0.25) is 0 Å². The monoisotopic (exact) mass is 282 g/mol. The van der Waals surface area contributed by atoms with Gasteiger partial charge in [0.25, 0.3) is 0 Å². The molecule has 0 amide bonds. The Balaban J connectivity index is 1.99. The molecule has 0 aromatic carbocycles. The Hall–Kier alpha value is -0.340. The van der Waals surface area contributed by atoms with Gasteiger partial charge in [-0.25, -0.2) is 0 Å². The van der Waals surface area contributed by atoms with Crippen LogP contribution in [0.1, 0.15) is 84.5 Å². The summed E-state index contributed by atoms with van der Waals surface area (Å²) in [5, 5.41) is 0. The second-order valence-electron chi connectivity index (χ2n) is 6.62. The van der Waals surface area contributed by atoms with Crippen LogP contribution < -0.4 is 0 Å². The highest BCUT2D eigenvalue weighted by Crippen LogP contribution is 2.25. The first kappa shape index (κ1) is 17.7. The number of hydrogen-bond donors (Lipinski definition) is 0. The molecule has 0 spiro atoms. The Morgan fingerprint density at radius 1 is 1.10 bits per heavy atom. The number of ether oxygens (including phenoxy) is 2. The fourth-order valence-electron chi connectivity index (χ4n) is 2.77. The zero-order valence-electron chi connectivity index (χ0n) is 13.7. The average Bonchev–Trinajstić information content (AvgIpc) is 2.42. The predicted molar refractivity (Wildman–Crippen MR) is 85.9 cm³/mol. The topological polar surface area (TPSA) is 18.5 Å². The molecule has 118 valence electrons. The maximum absolute atomic E-state index is 6.11. The molecule has 0 aromatic heterocycles. The molecule has 0 bridgehead atoms. The largest absolute Gasteiger partial charge is 0.353 e. The van der Waals surface area contributed by atoms with Gasteiger partial charge in [0.1, 0.15) is 0 Å². The molecule has 1 rings (SSSR count). The molecule has 2 nitrogen and oxygen atoms in total. The van der Waals surface area contributed by atoms with Gasteiger partial charge in [-0.2, -0.15) is 0 Å². The van der Waals surface area contributed by atoms with Gasteiger partial charge in [0.15, 0.2) is 6.29 Å². The first-order chi connectivity index (χ1) is 9.64. The molecule has 0 aromatic rings. The molecule has 1 unspecified atom stereocenters. The lowest BCUT2D eigenvalue weighted by Crippen LogP contribution is -2.34. The van der Waals surface area contributed by atoms with Crippen molar-refractivity contribution >= 4 is 0 Å². The summed E-state index contributed by atoms with van der Waals surface area (Å²) in [6.07, 6.45) is 15.8. The van der Waals surface area contributed by atoms with Gasteiger partial charge in [-0.15, -0.1) is 6.58 Å². The molecule has 0 aliphatic carbocycles. The lowest BCUT2D eigenvalue weighted by atomic mass is 9.99. The van der Waals surface area contributed by atoms with Crippen LogP contribution >= 0.6 is 0 Å². The van der Waals surface area contributed by atoms with Crippen molar-refractivity contribution in [2.45, 2.75) is 96.4 Å². The molecule has 1 aliphatic heterocycles. The number of allylic oxidation sites excluding steroid dienone is 1. The minimum absolute atomic E-state index is 0.0369. The van der Waals surface area contributed by atoms with E-state index in [4.69, 9.17) is 9.47 Å². The molecule has 1 saturated heterocycles. The van der Waals surface area contributed by atoms with Crippen molar-refractivity contribution in [1.82, 2.24) is 0 Å². The third kappa shape index (κ3) is 8.76. The van der Waals surface area contributed by atoms with Crippen LogP contribution in [0.3, 0.4) is 0 Å². The Morgan fingerprint density at radius 2 is 1.80 bits per heavy atom. The number of unbranched alkanes of at least 4 members (excludes halogenated alkanes) is 6. The van der Waals surface area contributed by atoms with Crippen LogP contribution in [0.2, 0.25) is 0 Å². The maximum atomic E-state index is 6.11. The summed E-state index contributed by atoms with van der Waals surface area (Å²) in [5.41, 5.74) is -0.0369. The van der Waals surface area contributed by atoms with Gasteiger partial charge in [0.05, 0.1) is 5.60 Å². The Bertz CT molecular complexity index is 242. The summed E-state index contributed by atoms with van der Waals surface area (Å²) >= 11 is 0. The van der Waals surface area contributed by atoms with Crippen LogP contribution in [-0.4, -0.2) is 18.5 Å². The van der Waals surface area contributed by atoms with Crippen LogP contribution in [0, 0.1) is 0 Å². The van der Waals surface area contributed by atoms with E-state index in [1.54, 1.807) is 0 Å². The van der Waals surface area contributed by atoms with E-state index in [0.29, 0.717) is 0 Å². The SMILES string of the molecule is C=CCCCCCCCCC(C)(C)OC1CCCCO1. The van der Waals surface area contributed by atoms with Crippen LogP contribution in [0.4, 0.5) is 0 Å². The molecule has 0 radical (unpaired) electrons. The standard InChI is InChI=1S/C18H34O2/c1-4-5-6-7-8-9-10-12-15-18(2,3)20-17-14-11-13-16-19-17/h4,17H,1,5-16H2,2-3H3. The van der Waals surface area contributed by atoms with Crippen LogP contribution in [-0.2, 0) is 9.47 Å². The van der Waals surface area contributed by atoms with Gasteiger partial charge in [-0.05, 0) is 52.4 Å². The van der Waals surface area contributed by atoms with E-state index in [9.17, 15) is 0 Å². The van der Waals surface area contributed by atoms with E-state index in [2.05, 4.69) is 20.4 Å². The first-order valence-electron chi connectivity index (χ1n) is 8.54. The van der Waals surface area contributed by atoms with Crippen molar-refractivity contribution < 1.29 is 9.47 Å². The summed E-state index contributed by atoms with van der Waals surface area (Å²) in [6.45, 7) is 9.03. The maximum Gasteiger partial charge on any atom is 0.158 e. The molecule has 1 fully saturated rings. The van der Waals surface area contributed by atoms with Crippen molar-refractivity contribution in [3.05, 3.63) is 12.7 Å². The number of hydrogen-bond acceptors (Lipinski definition) is 2. The van der Waals surface area contributed by atoms with Gasteiger partial charge < -0.3 is 9.47 Å². The summed E-state index contributed by atoms with van der Waals surface area (Å²) in [4.78, 5) is 0. The molecule has 1 heterocycles. The highest BCUT2D eigenvalue weighted by atomic mass is 16.7. The van der Waals surface area contributed by atoms with Crippen molar-refractivity contribution in [1.29, 1.82) is 0 Å². The average molecular weight is 282 g/mol. The summed E-state index contributed by atoms with van der Waals surface area (Å²) in [7, 11) is 0. The van der Waals surface area contributed by atoms with Crippen molar-refractivity contribution in [3.63, 3.8) is 0 Å². The van der Waals surface area contributed by atoms with Crippen molar-refractivity contribution in [2.24, 2.45) is 0 Å². The third-order valence-electron chi connectivity index (χ3n) is 4.03. The molecule has 20 heavy (non-hydrogen) atoms. The lowest BCUT2D eigenvalue weighted by molar-refractivity contribution is -0.217. The molecule has 2 heteroatoms. The highest BCUT2D eigenvalue weighted by molar-refractivity contribution is 4.71. The highest BCUT2D eigenvalue weighted by Gasteiger charge is 2.25. The molecule has 0 N–H and O–H groups in total. The second kappa shape index (κ2) is 10.4. The van der Waals surface area contributed by atoms with Crippen molar-refractivity contribution in [3.8, 4) is 0 Å². The van der Waals surface area contributed by atoms with E-state index in [1.807, 2.05) is 6.08 Å². The fourth-order valence-corrected chi connectivity index (χ4v) is 2.77. The van der Waals surface area contributed by atoms with Crippen molar-refractivity contribution in [2.75, 3.05) is 6.61 Å². The number of rotatable bonds is 11. The van der Waals surface area contributed by atoms with E-state index >= 15 is 0 Å². The summed E-state index contributed by atoms with van der Waals surface area (Å²) in [6, 6.07) is 0. The van der Waals surface area contributed by atoms with E-state index in [1.165, 1.54) is 57.8 Å². The fraction of sp³-hybridized carbons (Fsp3) is 0.889. The van der Waals surface area contributed by atoms with E-state index in [0.717, 1.165) is 19.4 Å². The van der Waals surface area contributed by atoms with Crippen LogP contribution in [0.15, 0.2) is 12.7 Å². The quantitative estimate of drug-likeness (QED) is 0.362. The second-order valence-corrected chi connectivity index (χ2v) is 6.62. The first-order valence-corrected chi connectivity index (χ1v) is 8.54. The predicted octanol–water partition coefficient (Wildman–Crippen LogP) is 5.62. The van der Waals surface area contributed by atoms with E-state index < -0.39 is 0 Å². The summed E-state index contributed by atoms with van der Waals surface area (Å²) in [5.74, 6) is 0. The molecular weight excluding hydrogens is 248 g/mol. The van der Waals surface area contributed by atoms with Gasteiger partial charge in [0, 0.05) is 6.61 Å². The molecule has 0 saturated carbocycles. The van der Waals surface area contributed by atoms with Gasteiger partial charge >= 0.3 is 0 Å². The van der Waals surface area contributed by atoms with E-state index in [-0.39, 0.29) is 11.9 Å². The third-order valence-corrected chi connectivity index (χ3v) is 4.03. The Labute approximate surface area is 125 Å². The minimum atomic E-state index is -0.0369. The normalized spacial score (nSPS) is 20.0. The minimum Gasteiger partial charge on any atom is -0.353 e. The lowest BCUT2D eigenvalue weighted by Gasteiger charge is -2.32. The molecular formula is C18H34O2. The summed E-state index contributed by atoms with van der Waals surface area (Å²) < 4.78 is 11.8. The Kier molecular flexibility index (Phi) is 9.21.